The molecule has 2 heterocycles. The first-order chi connectivity index (χ1) is 7.66. The molecule has 2 aromatic rings. The zero-order valence-corrected chi connectivity index (χ0v) is 10.8. The second-order valence-corrected chi connectivity index (χ2v) is 4.45. The molecule has 16 heavy (non-hydrogen) atoms. The number of hydrogen-bond donors (Lipinski definition) is 2. The Labute approximate surface area is 103 Å². The molecule has 0 saturated heterocycles. The Bertz CT molecular complexity index is 492. The average molecular weight is 281 g/mol. The summed E-state index contributed by atoms with van der Waals surface area (Å²) in [6.45, 7) is 4.75. The van der Waals surface area contributed by atoms with Gasteiger partial charge in [0.15, 0.2) is 0 Å². The summed E-state index contributed by atoms with van der Waals surface area (Å²) in [4.78, 5) is 4.33. The van der Waals surface area contributed by atoms with Crippen molar-refractivity contribution in [3.05, 3.63) is 39.9 Å². The van der Waals surface area contributed by atoms with E-state index in [4.69, 9.17) is 0 Å². The maximum atomic E-state index is 4.33. The highest BCUT2D eigenvalue weighted by atomic mass is 79.9. The first-order valence-corrected chi connectivity index (χ1v) is 5.82. The Kier molecular flexibility index (Phi) is 3.24. The normalized spacial score (nSPS) is 10.4. The minimum atomic E-state index is 0.756. The van der Waals surface area contributed by atoms with E-state index in [9.17, 15) is 0 Å². The molecule has 0 radical (unpaired) electrons. The van der Waals surface area contributed by atoms with Gasteiger partial charge in [0.05, 0.1) is 17.6 Å². The fourth-order valence-corrected chi connectivity index (χ4v) is 1.86. The van der Waals surface area contributed by atoms with E-state index in [1.54, 1.807) is 0 Å². The number of nitrogens with one attached hydrogen (secondary N) is 2. The van der Waals surface area contributed by atoms with Gasteiger partial charge >= 0.3 is 0 Å². The fraction of sp³-hybridized carbons (Fsp3) is 0.273. The summed E-state index contributed by atoms with van der Waals surface area (Å²) in [6.07, 6.45) is 1.84. The van der Waals surface area contributed by atoms with Gasteiger partial charge in [-0.15, -0.1) is 0 Å². The van der Waals surface area contributed by atoms with E-state index >= 15 is 0 Å². The number of pyridine rings is 1. The van der Waals surface area contributed by atoms with Crippen molar-refractivity contribution in [1.29, 1.82) is 0 Å². The van der Waals surface area contributed by atoms with E-state index in [1.807, 2.05) is 32.2 Å². The Morgan fingerprint density at radius 3 is 2.81 bits per heavy atom. The van der Waals surface area contributed by atoms with Crippen LogP contribution < -0.4 is 5.32 Å². The second-order valence-electron chi connectivity index (χ2n) is 3.64. The van der Waals surface area contributed by atoms with Crippen molar-refractivity contribution in [3.63, 3.8) is 0 Å². The summed E-state index contributed by atoms with van der Waals surface area (Å²) in [6, 6.07) is 3.94. The number of nitrogens with zero attached hydrogens (tertiary/aromatic N) is 2. The van der Waals surface area contributed by atoms with E-state index in [0.29, 0.717) is 0 Å². The van der Waals surface area contributed by atoms with Crippen LogP contribution in [-0.2, 0) is 6.54 Å². The van der Waals surface area contributed by atoms with Crippen molar-refractivity contribution in [2.45, 2.75) is 20.4 Å². The molecule has 0 fully saturated rings. The lowest BCUT2D eigenvalue weighted by Crippen LogP contribution is -2.02. The summed E-state index contributed by atoms with van der Waals surface area (Å²) < 4.78 is 0.857. The van der Waals surface area contributed by atoms with Crippen molar-refractivity contribution in [3.8, 4) is 0 Å². The summed E-state index contributed by atoms with van der Waals surface area (Å²) >= 11 is 3.34. The minimum Gasteiger partial charge on any atom is -0.379 e. The molecule has 0 spiro atoms. The summed E-state index contributed by atoms with van der Waals surface area (Å²) in [5.74, 6) is 0. The summed E-state index contributed by atoms with van der Waals surface area (Å²) in [7, 11) is 0. The van der Waals surface area contributed by atoms with Crippen molar-refractivity contribution < 1.29 is 0 Å². The lowest BCUT2D eigenvalue weighted by atomic mass is 10.2. The monoisotopic (exact) mass is 280 g/mol. The number of hydrogen-bond acceptors (Lipinski definition) is 3. The van der Waals surface area contributed by atoms with Crippen LogP contribution in [0.1, 0.15) is 17.0 Å². The molecule has 0 saturated carbocycles. The highest BCUT2D eigenvalue weighted by Crippen LogP contribution is 2.17. The molecule has 4 nitrogen and oxygen atoms in total. The Morgan fingerprint density at radius 2 is 2.19 bits per heavy atom. The minimum absolute atomic E-state index is 0.756. The molecular weight excluding hydrogens is 268 g/mol. The van der Waals surface area contributed by atoms with Crippen LogP contribution in [0.5, 0.6) is 0 Å². The Balaban J connectivity index is 2.08. The van der Waals surface area contributed by atoms with Crippen LogP contribution in [0.25, 0.3) is 0 Å². The van der Waals surface area contributed by atoms with E-state index in [1.165, 1.54) is 5.56 Å². The molecule has 0 amide bonds. The maximum absolute atomic E-state index is 4.33. The predicted octanol–water partition coefficient (Wildman–Crippen LogP) is 2.80. The molecule has 0 aliphatic rings. The van der Waals surface area contributed by atoms with Crippen molar-refractivity contribution in [2.24, 2.45) is 0 Å². The molecule has 5 heteroatoms. The van der Waals surface area contributed by atoms with Gasteiger partial charge in [-0.3, -0.25) is 5.10 Å². The average Bonchev–Trinajstić information content (AvgIpc) is 2.63. The zero-order valence-electron chi connectivity index (χ0n) is 9.21. The SMILES string of the molecule is Cc1nc(Br)ccc1NCc1cn[nH]c1C. The molecule has 2 rings (SSSR count). The van der Waals surface area contributed by atoms with Crippen molar-refractivity contribution in [2.75, 3.05) is 5.32 Å². The van der Waals surface area contributed by atoms with Gasteiger partial charge in [0.2, 0.25) is 0 Å². The molecule has 0 aliphatic heterocycles. The number of aromatic nitrogens is 3. The van der Waals surface area contributed by atoms with E-state index in [2.05, 4.69) is 36.4 Å². The van der Waals surface area contributed by atoms with Crippen LogP contribution in [0.2, 0.25) is 0 Å². The standard InChI is InChI=1S/C11H13BrN4/c1-7-9(6-14-16-7)5-13-10-3-4-11(12)15-8(10)2/h3-4,6,13H,5H2,1-2H3,(H,14,16). The second kappa shape index (κ2) is 4.65. The first-order valence-electron chi connectivity index (χ1n) is 5.02. The van der Waals surface area contributed by atoms with Crippen LogP contribution in [0.3, 0.4) is 0 Å². The third kappa shape index (κ3) is 2.41. The van der Waals surface area contributed by atoms with Gasteiger partial charge < -0.3 is 5.32 Å². The van der Waals surface area contributed by atoms with Gasteiger partial charge in [0.1, 0.15) is 4.60 Å². The number of anilines is 1. The number of H-pyrrole nitrogens is 1. The predicted molar refractivity (Wildman–Crippen MR) is 67.3 cm³/mol. The van der Waals surface area contributed by atoms with Crippen LogP contribution in [0.15, 0.2) is 22.9 Å². The van der Waals surface area contributed by atoms with Gasteiger partial charge in [-0.1, -0.05) is 0 Å². The van der Waals surface area contributed by atoms with Crippen LogP contribution in [0.4, 0.5) is 5.69 Å². The smallest absolute Gasteiger partial charge is 0.106 e. The molecule has 2 aromatic heterocycles. The van der Waals surface area contributed by atoms with Crippen LogP contribution in [-0.4, -0.2) is 15.2 Å². The number of aryl methyl sites for hydroxylation is 2. The molecule has 84 valence electrons. The topological polar surface area (TPSA) is 53.6 Å². The maximum Gasteiger partial charge on any atom is 0.106 e. The largest absolute Gasteiger partial charge is 0.379 e. The summed E-state index contributed by atoms with van der Waals surface area (Å²) in [5.41, 5.74) is 4.29. The van der Waals surface area contributed by atoms with Gasteiger partial charge in [-0.2, -0.15) is 5.10 Å². The third-order valence-electron chi connectivity index (χ3n) is 2.46. The highest BCUT2D eigenvalue weighted by molar-refractivity contribution is 9.10. The van der Waals surface area contributed by atoms with Crippen LogP contribution >= 0.6 is 15.9 Å². The third-order valence-corrected chi connectivity index (χ3v) is 2.90. The highest BCUT2D eigenvalue weighted by Gasteiger charge is 2.02. The molecule has 0 aromatic carbocycles. The lowest BCUT2D eigenvalue weighted by Gasteiger charge is -2.08. The zero-order chi connectivity index (χ0) is 11.5. The van der Waals surface area contributed by atoms with E-state index < -0.39 is 0 Å². The number of rotatable bonds is 3. The van der Waals surface area contributed by atoms with Gasteiger partial charge in [-0.25, -0.2) is 4.98 Å². The van der Waals surface area contributed by atoms with Crippen molar-refractivity contribution in [1.82, 2.24) is 15.2 Å². The summed E-state index contributed by atoms with van der Waals surface area (Å²) in [5, 5.41) is 10.2. The van der Waals surface area contributed by atoms with E-state index in [-0.39, 0.29) is 0 Å². The van der Waals surface area contributed by atoms with Crippen molar-refractivity contribution >= 4 is 21.6 Å². The lowest BCUT2D eigenvalue weighted by molar-refractivity contribution is 1.04. The Hall–Kier alpha value is -1.36. The van der Waals surface area contributed by atoms with E-state index in [0.717, 1.165) is 28.2 Å². The molecular formula is C11H13BrN4. The fourth-order valence-electron chi connectivity index (χ4n) is 1.46. The number of halogens is 1. The van der Waals surface area contributed by atoms with Crippen LogP contribution in [0, 0.1) is 13.8 Å². The Morgan fingerprint density at radius 1 is 1.38 bits per heavy atom. The first kappa shape index (κ1) is 11.1. The van der Waals surface area contributed by atoms with Gasteiger partial charge in [0, 0.05) is 17.8 Å². The molecule has 0 bridgehead atoms. The van der Waals surface area contributed by atoms with Gasteiger partial charge in [-0.05, 0) is 41.9 Å². The quantitative estimate of drug-likeness (QED) is 0.851. The molecule has 2 N–H and O–H groups in total. The molecule has 0 aliphatic carbocycles. The molecule has 0 atom stereocenters. The number of aromatic amines is 1. The van der Waals surface area contributed by atoms with Gasteiger partial charge in [0.25, 0.3) is 0 Å². The molecule has 0 unspecified atom stereocenters.